The van der Waals surface area contributed by atoms with Gasteiger partial charge in [0.05, 0.1) is 6.67 Å². The summed E-state index contributed by atoms with van der Waals surface area (Å²) in [5.74, 6) is 0.871. The highest BCUT2D eigenvalue weighted by Crippen LogP contribution is 2.01. The van der Waals surface area contributed by atoms with E-state index in [2.05, 4.69) is 15.3 Å². The minimum Gasteiger partial charge on any atom is -0.357 e. The molecule has 0 unspecified atom stereocenters. The van der Waals surface area contributed by atoms with Gasteiger partial charge in [-0.25, -0.2) is 9.97 Å². The molecule has 0 aliphatic rings. The van der Waals surface area contributed by atoms with Gasteiger partial charge in [-0.3, -0.25) is 4.90 Å². The molecule has 0 bridgehead atoms. The smallest absolute Gasteiger partial charge is 0.130 e. The molecular formula is C8H14N4. The van der Waals surface area contributed by atoms with Gasteiger partial charge in [-0.1, -0.05) is 0 Å². The van der Waals surface area contributed by atoms with Crippen LogP contribution in [0.4, 0.5) is 5.82 Å². The van der Waals surface area contributed by atoms with Crippen molar-refractivity contribution in [3.05, 3.63) is 18.1 Å². The van der Waals surface area contributed by atoms with E-state index in [1.54, 1.807) is 6.33 Å². The Labute approximate surface area is 72.6 Å². The Balaban J connectivity index is 2.52. The zero-order valence-electron chi connectivity index (χ0n) is 7.70. The zero-order valence-corrected chi connectivity index (χ0v) is 7.70. The lowest BCUT2D eigenvalue weighted by Crippen LogP contribution is -2.20. The van der Waals surface area contributed by atoms with Crippen LogP contribution in [0.15, 0.2) is 12.4 Å². The second-order valence-electron chi connectivity index (χ2n) is 2.96. The van der Waals surface area contributed by atoms with Crippen LogP contribution < -0.4 is 5.32 Å². The summed E-state index contributed by atoms with van der Waals surface area (Å²) < 4.78 is 0. The molecule has 1 N–H and O–H groups in total. The number of nitrogens with one attached hydrogen (secondary N) is 1. The number of aromatic nitrogens is 2. The first-order chi connectivity index (χ1) is 5.68. The maximum absolute atomic E-state index is 4.06. The van der Waals surface area contributed by atoms with Crippen molar-refractivity contribution in [2.45, 2.75) is 6.92 Å². The molecule has 0 aromatic carbocycles. The van der Waals surface area contributed by atoms with E-state index in [0.717, 1.165) is 18.2 Å². The van der Waals surface area contributed by atoms with E-state index in [1.807, 2.05) is 32.0 Å². The zero-order chi connectivity index (χ0) is 8.97. The first kappa shape index (κ1) is 8.93. The van der Waals surface area contributed by atoms with Gasteiger partial charge in [0, 0.05) is 11.8 Å². The second kappa shape index (κ2) is 4.01. The monoisotopic (exact) mass is 166 g/mol. The molecular weight excluding hydrogens is 152 g/mol. The fraction of sp³-hybridized carbons (Fsp3) is 0.500. The molecule has 4 heteroatoms. The van der Waals surface area contributed by atoms with Gasteiger partial charge in [0.2, 0.25) is 0 Å². The predicted molar refractivity (Wildman–Crippen MR) is 48.9 cm³/mol. The number of nitrogens with zero attached hydrogens (tertiary/aromatic N) is 3. The van der Waals surface area contributed by atoms with Crippen molar-refractivity contribution in [2.24, 2.45) is 0 Å². The Morgan fingerprint density at radius 1 is 1.42 bits per heavy atom. The Morgan fingerprint density at radius 2 is 2.17 bits per heavy atom. The highest BCUT2D eigenvalue weighted by atomic mass is 15.2. The van der Waals surface area contributed by atoms with E-state index in [-0.39, 0.29) is 0 Å². The summed E-state index contributed by atoms with van der Waals surface area (Å²) in [6, 6.07) is 1.92. The minimum absolute atomic E-state index is 0.788. The molecule has 0 fully saturated rings. The van der Waals surface area contributed by atoms with Gasteiger partial charge in [-0.05, 0) is 21.0 Å². The van der Waals surface area contributed by atoms with Gasteiger partial charge < -0.3 is 5.32 Å². The van der Waals surface area contributed by atoms with Gasteiger partial charge in [-0.2, -0.15) is 0 Å². The van der Waals surface area contributed by atoms with Crippen LogP contribution in [0, 0.1) is 6.92 Å². The number of hydrogen-bond donors (Lipinski definition) is 1. The summed E-state index contributed by atoms with van der Waals surface area (Å²) in [4.78, 5) is 10.1. The number of rotatable bonds is 3. The van der Waals surface area contributed by atoms with Gasteiger partial charge in [0.25, 0.3) is 0 Å². The lowest BCUT2D eigenvalue weighted by atomic mass is 10.4. The van der Waals surface area contributed by atoms with E-state index in [1.165, 1.54) is 0 Å². The Kier molecular flexibility index (Phi) is 2.99. The van der Waals surface area contributed by atoms with Gasteiger partial charge in [-0.15, -0.1) is 0 Å². The van der Waals surface area contributed by atoms with Gasteiger partial charge >= 0.3 is 0 Å². The number of anilines is 1. The van der Waals surface area contributed by atoms with Crippen molar-refractivity contribution in [3.8, 4) is 0 Å². The van der Waals surface area contributed by atoms with Crippen LogP contribution in [0.3, 0.4) is 0 Å². The van der Waals surface area contributed by atoms with Gasteiger partial charge in [0.1, 0.15) is 12.1 Å². The quantitative estimate of drug-likeness (QED) is 0.672. The average molecular weight is 166 g/mol. The predicted octanol–water partition coefficient (Wildman–Crippen LogP) is 0.716. The number of aryl methyl sites for hydroxylation is 1. The Morgan fingerprint density at radius 3 is 2.75 bits per heavy atom. The van der Waals surface area contributed by atoms with Crippen LogP contribution in [0.25, 0.3) is 0 Å². The van der Waals surface area contributed by atoms with Crippen LogP contribution >= 0.6 is 0 Å². The molecule has 4 nitrogen and oxygen atoms in total. The molecule has 1 aromatic heterocycles. The van der Waals surface area contributed by atoms with E-state index in [9.17, 15) is 0 Å². The summed E-state index contributed by atoms with van der Waals surface area (Å²) in [6.07, 6.45) is 1.56. The molecule has 1 aromatic rings. The van der Waals surface area contributed by atoms with Gasteiger partial charge in [0.15, 0.2) is 0 Å². The van der Waals surface area contributed by atoms with Crippen LogP contribution in [0.1, 0.15) is 5.69 Å². The highest BCUT2D eigenvalue weighted by Gasteiger charge is 1.93. The summed E-state index contributed by atoms with van der Waals surface area (Å²) in [7, 11) is 4.00. The molecule has 0 saturated heterocycles. The average Bonchev–Trinajstić information content (AvgIpc) is 2.01. The lowest BCUT2D eigenvalue weighted by Gasteiger charge is -2.11. The largest absolute Gasteiger partial charge is 0.357 e. The third-order valence-electron chi connectivity index (χ3n) is 1.38. The molecule has 1 rings (SSSR count). The molecule has 0 atom stereocenters. The van der Waals surface area contributed by atoms with E-state index in [4.69, 9.17) is 0 Å². The molecule has 0 amide bonds. The van der Waals surface area contributed by atoms with Crippen LogP contribution in [0.5, 0.6) is 0 Å². The van der Waals surface area contributed by atoms with Crippen LogP contribution in [0.2, 0.25) is 0 Å². The summed E-state index contributed by atoms with van der Waals surface area (Å²) >= 11 is 0. The van der Waals surface area contributed by atoms with Crippen LogP contribution in [-0.2, 0) is 0 Å². The van der Waals surface area contributed by atoms with Crippen molar-refractivity contribution >= 4 is 5.82 Å². The standard InChI is InChI=1S/C8H14N4/c1-7-4-8(10-5-9-7)11-6-12(2)3/h4-5H,6H2,1-3H3,(H,9,10,11). The lowest BCUT2D eigenvalue weighted by molar-refractivity contribution is 0.439. The normalized spacial score (nSPS) is 10.3. The van der Waals surface area contributed by atoms with Crippen molar-refractivity contribution in [3.63, 3.8) is 0 Å². The first-order valence-corrected chi connectivity index (χ1v) is 3.86. The van der Waals surface area contributed by atoms with E-state index in [0.29, 0.717) is 0 Å². The maximum atomic E-state index is 4.06. The molecule has 0 spiro atoms. The Bertz CT molecular complexity index is 247. The molecule has 0 aliphatic heterocycles. The first-order valence-electron chi connectivity index (χ1n) is 3.86. The fourth-order valence-corrected chi connectivity index (χ4v) is 0.790. The Hall–Kier alpha value is -1.16. The van der Waals surface area contributed by atoms with Crippen LogP contribution in [-0.4, -0.2) is 35.6 Å². The molecule has 1 heterocycles. The maximum Gasteiger partial charge on any atom is 0.130 e. The topological polar surface area (TPSA) is 41.0 Å². The molecule has 0 saturated carbocycles. The van der Waals surface area contributed by atoms with Crippen molar-refractivity contribution in [1.82, 2.24) is 14.9 Å². The fourth-order valence-electron chi connectivity index (χ4n) is 0.790. The van der Waals surface area contributed by atoms with Crippen molar-refractivity contribution < 1.29 is 0 Å². The van der Waals surface area contributed by atoms with Crippen molar-refractivity contribution in [1.29, 1.82) is 0 Å². The highest BCUT2D eigenvalue weighted by molar-refractivity contribution is 5.33. The van der Waals surface area contributed by atoms with E-state index >= 15 is 0 Å². The molecule has 0 aliphatic carbocycles. The van der Waals surface area contributed by atoms with Crippen molar-refractivity contribution in [2.75, 3.05) is 26.1 Å². The minimum atomic E-state index is 0.788. The van der Waals surface area contributed by atoms with E-state index < -0.39 is 0 Å². The summed E-state index contributed by atoms with van der Waals surface area (Å²) in [5.41, 5.74) is 0.978. The summed E-state index contributed by atoms with van der Waals surface area (Å²) in [6.45, 7) is 2.74. The molecule has 0 radical (unpaired) electrons. The third-order valence-corrected chi connectivity index (χ3v) is 1.38. The number of hydrogen-bond acceptors (Lipinski definition) is 4. The third kappa shape index (κ3) is 2.84. The summed E-state index contributed by atoms with van der Waals surface area (Å²) in [5, 5.41) is 3.16. The SMILES string of the molecule is Cc1cc(NCN(C)C)ncn1. The molecule has 12 heavy (non-hydrogen) atoms. The molecule has 66 valence electrons. The second-order valence-corrected chi connectivity index (χ2v) is 2.96.